The first kappa shape index (κ1) is 14.3. The summed E-state index contributed by atoms with van der Waals surface area (Å²) >= 11 is 0. The van der Waals surface area contributed by atoms with Crippen LogP contribution in [-0.2, 0) is 24.7 Å². The third-order valence-corrected chi connectivity index (χ3v) is 4.64. The molecular formula is C16H26N2O. The number of hydrogen-bond donors (Lipinski definition) is 0. The highest BCUT2D eigenvalue weighted by Gasteiger charge is 2.36. The Morgan fingerprint density at radius 1 is 1.47 bits per heavy atom. The second-order valence-electron chi connectivity index (χ2n) is 6.53. The number of hydrogen-bond acceptors (Lipinski definition) is 2. The van der Waals surface area contributed by atoms with E-state index < -0.39 is 0 Å². The number of nitrogens with zero attached hydrogens (tertiary/aromatic N) is 2. The molecule has 1 saturated carbocycles. The van der Waals surface area contributed by atoms with Crippen LogP contribution in [0.15, 0.2) is 6.07 Å². The van der Waals surface area contributed by atoms with Gasteiger partial charge in [0.2, 0.25) is 0 Å². The lowest BCUT2D eigenvalue weighted by Gasteiger charge is -2.37. The van der Waals surface area contributed by atoms with E-state index in [1.165, 1.54) is 19.3 Å². The molecule has 0 aromatic carbocycles. The number of Topliss-reactive ketones (excluding diaryl/α,β-unsaturated/α-hetero) is 1. The molecule has 2 rings (SSSR count). The van der Waals surface area contributed by atoms with Gasteiger partial charge in [0.1, 0.15) is 5.78 Å². The Balaban J connectivity index is 2.09. The number of aryl methyl sites for hydroxylation is 2. The summed E-state index contributed by atoms with van der Waals surface area (Å²) in [6.45, 7) is 6.59. The van der Waals surface area contributed by atoms with Crippen LogP contribution in [0.25, 0.3) is 0 Å². The Morgan fingerprint density at radius 3 is 2.79 bits per heavy atom. The first-order valence-corrected chi connectivity index (χ1v) is 7.48. The molecule has 1 aliphatic rings. The quantitative estimate of drug-likeness (QED) is 0.834. The highest BCUT2D eigenvalue weighted by molar-refractivity contribution is 5.83. The summed E-state index contributed by atoms with van der Waals surface area (Å²) < 4.78 is 1.87. The SMILES string of the molecule is CCc1cc(CC(=O)C2CCCCC2(C)C)n(C)n1. The van der Waals surface area contributed by atoms with Crippen LogP contribution in [0.5, 0.6) is 0 Å². The van der Waals surface area contributed by atoms with E-state index in [1.54, 1.807) is 0 Å². The molecule has 3 nitrogen and oxygen atoms in total. The van der Waals surface area contributed by atoms with Gasteiger partial charge in [0.25, 0.3) is 0 Å². The van der Waals surface area contributed by atoms with Gasteiger partial charge in [0, 0.05) is 25.1 Å². The summed E-state index contributed by atoms with van der Waals surface area (Å²) in [6.07, 6.45) is 6.17. The van der Waals surface area contributed by atoms with E-state index in [2.05, 4.69) is 31.9 Å². The van der Waals surface area contributed by atoms with Crippen LogP contribution in [0.2, 0.25) is 0 Å². The van der Waals surface area contributed by atoms with Crippen LogP contribution in [0, 0.1) is 11.3 Å². The van der Waals surface area contributed by atoms with E-state index in [4.69, 9.17) is 0 Å². The molecule has 1 aliphatic carbocycles. The molecule has 1 aromatic heterocycles. The number of carbonyl (C=O) groups excluding carboxylic acids is 1. The molecule has 1 heterocycles. The zero-order chi connectivity index (χ0) is 14.0. The van der Waals surface area contributed by atoms with Crippen molar-refractivity contribution in [2.45, 2.75) is 59.3 Å². The van der Waals surface area contributed by atoms with Gasteiger partial charge in [-0.05, 0) is 30.7 Å². The van der Waals surface area contributed by atoms with Gasteiger partial charge >= 0.3 is 0 Å². The largest absolute Gasteiger partial charge is 0.299 e. The van der Waals surface area contributed by atoms with Gasteiger partial charge in [0.05, 0.1) is 5.69 Å². The second-order valence-corrected chi connectivity index (χ2v) is 6.53. The number of ketones is 1. The molecular weight excluding hydrogens is 236 g/mol. The Morgan fingerprint density at radius 2 is 2.21 bits per heavy atom. The third-order valence-electron chi connectivity index (χ3n) is 4.64. The molecule has 1 aromatic rings. The summed E-state index contributed by atoms with van der Waals surface area (Å²) in [7, 11) is 1.94. The third kappa shape index (κ3) is 3.07. The molecule has 0 N–H and O–H groups in total. The highest BCUT2D eigenvalue weighted by atomic mass is 16.1. The van der Waals surface area contributed by atoms with Crippen molar-refractivity contribution in [2.24, 2.45) is 18.4 Å². The molecule has 3 heteroatoms. The standard InChI is InChI=1S/C16H26N2O/c1-5-12-10-13(18(4)17-12)11-15(19)14-8-6-7-9-16(14,2)3/h10,14H,5-9,11H2,1-4H3. The first-order chi connectivity index (χ1) is 8.94. The van der Waals surface area contributed by atoms with Crippen LogP contribution in [0.1, 0.15) is 57.8 Å². The van der Waals surface area contributed by atoms with Crippen molar-refractivity contribution in [1.82, 2.24) is 9.78 Å². The molecule has 1 unspecified atom stereocenters. The fourth-order valence-corrected chi connectivity index (χ4v) is 3.30. The number of aromatic nitrogens is 2. The molecule has 0 spiro atoms. The van der Waals surface area contributed by atoms with Crippen molar-refractivity contribution in [1.29, 1.82) is 0 Å². The van der Waals surface area contributed by atoms with Crippen molar-refractivity contribution < 1.29 is 4.79 Å². The van der Waals surface area contributed by atoms with Crippen molar-refractivity contribution in [3.05, 3.63) is 17.5 Å². The van der Waals surface area contributed by atoms with Gasteiger partial charge in [-0.25, -0.2) is 0 Å². The van der Waals surface area contributed by atoms with E-state index in [9.17, 15) is 4.79 Å². The van der Waals surface area contributed by atoms with Gasteiger partial charge < -0.3 is 0 Å². The van der Waals surface area contributed by atoms with Crippen molar-refractivity contribution in [3.63, 3.8) is 0 Å². The Kier molecular flexibility index (Phi) is 4.12. The van der Waals surface area contributed by atoms with Crippen LogP contribution in [0.4, 0.5) is 0 Å². The van der Waals surface area contributed by atoms with Crippen molar-refractivity contribution in [3.8, 4) is 0 Å². The van der Waals surface area contributed by atoms with Gasteiger partial charge in [-0.15, -0.1) is 0 Å². The second kappa shape index (κ2) is 5.48. The molecule has 0 amide bonds. The lowest BCUT2D eigenvalue weighted by molar-refractivity contribution is -0.127. The lowest BCUT2D eigenvalue weighted by Crippen LogP contribution is -2.35. The maximum atomic E-state index is 12.6. The maximum Gasteiger partial charge on any atom is 0.142 e. The maximum absolute atomic E-state index is 12.6. The predicted molar refractivity (Wildman–Crippen MR) is 77.0 cm³/mol. The molecule has 0 radical (unpaired) electrons. The van der Waals surface area contributed by atoms with Gasteiger partial charge in [-0.3, -0.25) is 9.48 Å². The van der Waals surface area contributed by atoms with Crippen LogP contribution in [0.3, 0.4) is 0 Å². The zero-order valence-electron chi connectivity index (χ0n) is 12.7. The first-order valence-electron chi connectivity index (χ1n) is 7.48. The Labute approximate surface area is 116 Å². The number of rotatable bonds is 4. The van der Waals surface area contributed by atoms with Gasteiger partial charge in [-0.2, -0.15) is 5.10 Å². The van der Waals surface area contributed by atoms with Gasteiger partial charge in [-0.1, -0.05) is 33.6 Å². The average Bonchev–Trinajstić information content (AvgIpc) is 2.69. The highest BCUT2D eigenvalue weighted by Crippen LogP contribution is 2.41. The summed E-state index contributed by atoms with van der Waals surface area (Å²) in [5, 5.41) is 4.43. The predicted octanol–water partition coefficient (Wildman–Crippen LogP) is 3.31. The molecule has 19 heavy (non-hydrogen) atoms. The van der Waals surface area contributed by atoms with Crippen molar-refractivity contribution in [2.75, 3.05) is 0 Å². The Bertz CT molecular complexity index is 459. The number of carbonyl (C=O) groups is 1. The molecule has 1 fully saturated rings. The minimum Gasteiger partial charge on any atom is -0.299 e. The summed E-state index contributed by atoms with van der Waals surface area (Å²) in [4.78, 5) is 12.6. The van der Waals surface area contributed by atoms with E-state index >= 15 is 0 Å². The van der Waals surface area contributed by atoms with Crippen LogP contribution < -0.4 is 0 Å². The van der Waals surface area contributed by atoms with Gasteiger partial charge in [0.15, 0.2) is 0 Å². The molecule has 106 valence electrons. The monoisotopic (exact) mass is 262 g/mol. The molecule has 0 saturated heterocycles. The minimum absolute atomic E-state index is 0.168. The summed E-state index contributed by atoms with van der Waals surface area (Å²) in [5.74, 6) is 0.622. The summed E-state index contributed by atoms with van der Waals surface area (Å²) in [6, 6.07) is 2.08. The summed E-state index contributed by atoms with van der Waals surface area (Å²) in [5.41, 5.74) is 2.30. The minimum atomic E-state index is 0.168. The molecule has 0 bridgehead atoms. The fraction of sp³-hybridized carbons (Fsp3) is 0.750. The van der Waals surface area contributed by atoms with Crippen molar-refractivity contribution >= 4 is 5.78 Å². The normalized spacial score (nSPS) is 22.4. The van der Waals surface area contributed by atoms with Crippen LogP contribution >= 0.6 is 0 Å². The Hall–Kier alpha value is -1.12. The van der Waals surface area contributed by atoms with E-state index in [1.807, 2.05) is 11.7 Å². The van der Waals surface area contributed by atoms with E-state index in [-0.39, 0.29) is 11.3 Å². The fourth-order valence-electron chi connectivity index (χ4n) is 3.30. The molecule has 1 atom stereocenters. The zero-order valence-corrected chi connectivity index (χ0v) is 12.7. The van der Waals surface area contributed by atoms with E-state index in [0.717, 1.165) is 24.2 Å². The van der Waals surface area contributed by atoms with E-state index in [0.29, 0.717) is 12.2 Å². The smallest absolute Gasteiger partial charge is 0.142 e. The topological polar surface area (TPSA) is 34.9 Å². The van der Waals surface area contributed by atoms with Crippen LogP contribution in [-0.4, -0.2) is 15.6 Å². The molecule has 0 aliphatic heterocycles. The lowest BCUT2D eigenvalue weighted by atomic mass is 9.66. The average molecular weight is 262 g/mol.